The van der Waals surface area contributed by atoms with Crippen LogP contribution in [0.2, 0.25) is 0 Å². The summed E-state index contributed by atoms with van der Waals surface area (Å²) >= 11 is 0. The Morgan fingerprint density at radius 1 is 1.50 bits per heavy atom. The Kier molecular flexibility index (Phi) is 6.59. The first-order valence-electron chi connectivity index (χ1n) is 6.08. The highest BCUT2D eigenvalue weighted by Crippen LogP contribution is 2.16. The van der Waals surface area contributed by atoms with E-state index in [1.165, 1.54) is 6.42 Å². The molecule has 1 saturated heterocycles. The third-order valence-electron chi connectivity index (χ3n) is 2.75. The Bertz CT molecular complexity index is 242. The minimum absolute atomic E-state index is 0.0760. The van der Waals surface area contributed by atoms with Gasteiger partial charge in [0, 0.05) is 26.0 Å². The Hall–Kier alpha value is -1.08. The van der Waals surface area contributed by atoms with E-state index in [0.29, 0.717) is 19.4 Å². The lowest BCUT2D eigenvalue weighted by atomic mass is 10.0. The fourth-order valence-electron chi connectivity index (χ4n) is 1.81. The SMILES string of the molecule is N#CCCCNC(=O)CCC1CCCCO1. The Balaban J connectivity index is 1.99. The summed E-state index contributed by atoms with van der Waals surface area (Å²) in [5.41, 5.74) is 0. The molecular weight excluding hydrogens is 204 g/mol. The molecule has 1 fully saturated rings. The molecule has 90 valence electrons. The van der Waals surface area contributed by atoms with Gasteiger partial charge in [0.2, 0.25) is 5.91 Å². The van der Waals surface area contributed by atoms with Gasteiger partial charge in [-0.05, 0) is 32.1 Å². The van der Waals surface area contributed by atoms with Gasteiger partial charge in [0.1, 0.15) is 0 Å². The fraction of sp³-hybridized carbons (Fsp3) is 0.833. The number of ether oxygens (including phenoxy) is 1. The number of nitrogens with one attached hydrogen (secondary N) is 1. The summed E-state index contributed by atoms with van der Waals surface area (Å²) in [4.78, 5) is 11.4. The van der Waals surface area contributed by atoms with Crippen molar-refractivity contribution < 1.29 is 9.53 Å². The summed E-state index contributed by atoms with van der Waals surface area (Å²) in [6, 6.07) is 2.05. The fourth-order valence-corrected chi connectivity index (χ4v) is 1.81. The van der Waals surface area contributed by atoms with Crippen molar-refractivity contribution in [2.24, 2.45) is 0 Å². The number of nitrogens with zero attached hydrogens (tertiary/aromatic N) is 1. The highest BCUT2D eigenvalue weighted by molar-refractivity contribution is 5.75. The molecule has 0 aromatic carbocycles. The van der Waals surface area contributed by atoms with Gasteiger partial charge in [0.25, 0.3) is 0 Å². The molecule has 1 rings (SSSR count). The summed E-state index contributed by atoms with van der Waals surface area (Å²) in [5.74, 6) is 0.0760. The van der Waals surface area contributed by atoms with E-state index in [1.54, 1.807) is 0 Å². The molecule has 0 radical (unpaired) electrons. The average Bonchev–Trinajstić information content (AvgIpc) is 2.33. The molecule has 0 aromatic heterocycles. The van der Waals surface area contributed by atoms with Gasteiger partial charge < -0.3 is 10.1 Å². The van der Waals surface area contributed by atoms with Gasteiger partial charge in [-0.1, -0.05) is 0 Å². The number of nitriles is 1. The van der Waals surface area contributed by atoms with Crippen molar-refractivity contribution in [2.45, 2.75) is 51.0 Å². The van der Waals surface area contributed by atoms with Crippen LogP contribution in [0.4, 0.5) is 0 Å². The number of amides is 1. The van der Waals surface area contributed by atoms with Gasteiger partial charge in [-0.3, -0.25) is 4.79 Å². The van der Waals surface area contributed by atoms with E-state index in [9.17, 15) is 4.79 Å². The van der Waals surface area contributed by atoms with E-state index in [4.69, 9.17) is 10.00 Å². The first-order chi connectivity index (χ1) is 7.83. The molecule has 1 unspecified atom stereocenters. The van der Waals surface area contributed by atoms with Crippen LogP contribution in [0.5, 0.6) is 0 Å². The van der Waals surface area contributed by atoms with Gasteiger partial charge in [0.15, 0.2) is 0 Å². The van der Waals surface area contributed by atoms with E-state index in [2.05, 4.69) is 11.4 Å². The maximum absolute atomic E-state index is 11.4. The smallest absolute Gasteiger partial charge is 0.220 e. The second-order valence-corrected chi connectivity index (χ2v) is 4.14. The van der Waals surface area contributed by atoms with Gasteiger partial charge in [-0.15, -0.1) is 0 Å². The zero-order valence-corrected chi connectivity index (χ0v) is 9.71. The molecule has 0 bridgehead atoms. The zero-order valence-electron chi connectivity index (χ0n) is 9.71. The lowest BCUT2D eigenvalue weighted by Gasteiger charge is -2.22. The van der Waals surface area contributed by atoms with Crippen LogP contribution in [0.3, 0.4) is 0 Å². The van der Waals surface area contributed by atoms with Crippen LogP contribution in [-0.4, -0.2) is 25.2 Å². The molecule has 0 aliphatic carbocycles. The third-order valence-corrected chi connectivity index (χ3v) is 2.75. The molecular formula is C12H20N2O2. The molecule has 1 heterocycles. The van der Waals surface area contributed by atoms with Crippen molar-refractivity contribution in [3.63, 3.8) is 0 Å². The first-order valence-corrected chi connectivity index (χ1v) is 6.08. The van der Waals surface area contributed by atoms with Crippen molar-refractivity contribution in [3.05, 3.63) is 0 Å². The Labute approximate surface area is 97.0 Å². The van der Waals surface area contributed by atoms with Gasteiger partial charge in [0.05, 0.1) is 12.2 Å². The second kappa shape index (κ2) is 8.12. The number of rotatable bonds is 6. The highest BCUT2D eigenvalue weighted by Gasteiger charge is 2.14. The van der Waals surface area contributed by atoms with Crippen LogP contribution in [0.15, 0.2) is 0 Å². The van der Waals surface area contributed by atoms with Crippen molar-refractivity contribution in [2.75, 3.05) is 13.2 Å². The lowest BCUT2D eigenvalue weighted by Crippen LogP contribution is -2.27. The molecule has 0 saturated carbocycles. The van der Waals surface area contributed by atoms with E-state index in [-0.39, 0.29) is 12.0 Å². The van der Waals surface area contributed by atoms with E-state index in [0.717, 1.165) is 32.3 Å². The number of hydrogen-bond donors (Lipinski definition) is 1. The number of hydrogen-bond acceptors (Lipinski definition) is 3. The number of carbonyl (C=O) groups is 1. The van der Waals surface area contributed by atoms with Crippen LogP contribution < -0.4 is 5.32 Å². The molecule has 1 aliphatic rings. The Morgan fingerprint density at radius 2 is 2.38 bits per heavy atom. The van der Waals surface area contributed by atoms with Crippen LogP contribution in [0.1, 0.15) is 44.9 Å². The number of carbonyl (C=O) groups excluding carboxylic acids is 1. The van der Waals surface area contributed by atoms with Crippen molar-refractivity contribution in [1.82, 2.24) is 5.32 Å². The molecule has 4 nitrogen and oxygen atoms in total. The second-order valence-electron chi connectivity index (χ2n) is 4.14. The zero-order chi connectivity index (χ0) is 11.6. The van der Waals surface area contributed by atoms with Crippen LogP contribution >= 0.6 is 0 Å². The minimum atomic E-state index is 0.0760. The van der Waals surface area contributed by atoms with E-state index >= 15 is 0 Å². The minimum Gasteiger partial charge on any atom is -0.378 e. The number of unbranched alkanes of at least 4 members (excludes halogenated alkanes) is 1. The first kappa shape index (κ1) is 13.0. The normalized spacial score (nSPS) is 20.1. The molecule has 16 heavy (non-hydrogen) atoms. The predicted molar refractivity (Wildman–Crippen MR) is 60.7 cm³/mol. The van der Waals surface area contributed by atoms with Gasteiger partial charge in [-0.25, -0.2) is 0 Å². The maximum Gasteiger partial charge on any atom is 0.220 e. The van der Waals surface area contributed by atoms with Crippen LogP contribution in [0.25, 0.3) is 0 Å². The molecule has 1 atom stereocenters. The molecule has 1 N–H and O–H groups in total. The van der Waals surface area contributed by atoms with Crippen LogP contribution in [0, 0.1) is 11.3 Å². The Morgan fingerprint density at radius 3 is 3.06 bits per heavy atom. The average molecular weight is 224 g/mol. The summed E-state index contributed by atoms with van der Waals surface area (Å²) in [6.07, 6.45) is 6.33. The van der Waals surface area contributed by atoms with Gasteiger partial charge in [-0.2, -0.15) is 5.26 Å². The summed E-state index contributed by atoms with van der Waals surface area (Å²) in [6.45, 7) is 1.45. The summed E-state index contributed by atoms with van der Waals surface area (Å²) in [7, 11) is 0. The molecule has 1 amide bonds. The standard InChI is InChI=1S/C12H20N2O2/c13-8-2-3-9-14-12(15)7-6-11-5-1-4-10-16-11/h11H,1-7,9-10H2,(H,14,15). The van der Waals surface area contributed by atoms with Crippen LogP contribution in [-0.2, 0) is 9.53 Å². The molecule has 0 aromatic rings. The van der Waals surface area contributed by atoms with Crippen molar-refractivity contribution in [1.29, 1.82) is 5.26 Å². The van der Waals surface area contributed by atoms with E-state index < -0.39 is 0 Å². The lowest BCUT2D eigenvalue weighted by molar-refractivity contribution is -0.122. The maximum atomic E-state index is 11.4. The monoisotopic (exact) mass is 224 g/mol. The predicted octanol–water partition coefficient (Wildman–Crippen LogP) is 1.76. The van der Waals surface area contributed by atoms with Crippen molar-refractivity contribution >= 4 is 5.91 Å². The van der Waals surface area contributed by atoms with Crippen molar-refractivity contribution in [3.8, 4) is 6.07 Å². The quantitative estimate of drug-likeness (QED) is 0.699. The largest absolute Gasteiger partial charge is 0.378 e. The molecule has 1 aliphatic heterocycles. The molecule has 4 heteroatoms. The van der Waals surface area contributed by atoms with E-state index in [1.807, 2.05) is 0 Å². The highest BCUT2D eigenvalue weighted by atomic mass is 16.5. The van der Waals surface area contributed by atoms with Gasteiger partial charge >= 0.3 is 0 Å². The summed E-state index contributed by atoms with van der Waals surface area (Å²) < 4.78 is 5.55. The third kappa shape index (κ3) is 5.72. The topological polar surface area (TPSA) is 62.1 Å². The molecule has 0 spiro atoms. The summed E-state index contributed by atoms with van der Waals surface area (Å²) in [5, 5.41) is 11.1.